The molecule has 8 heteroatoms. The van der Waals surface area contributed by atoms with Gasteiger partial charge in [0, 0.05) is 0 Å². The second kappa shape index (κ2) is 14.0. The van der Waals surface area contributed by atoms with Gasteiger partial charge in [-0.05, 0) is 24.7 Å². The minimum atomic E-state index is -5.11. The van der Waals surface area contributed by atoms with Crippen molar-refractivity contribution in [1.29, 1.82) is 0 Å². The van der Waals surface area contributed by atoms with Crippen LogP contribution in [0.5, 0.6) is 0 Å². The molecule has 178 valence electrons. The lowest BCUT2D eigenvalue weighted by Crippen LogP contribution is -2.53. The van der Waals surface area contributed by atoms with Crippen molar-refractivity contribution in [3.63, 3.8) is 0 Å². The second-order valence-electron chi connectivity index (χ2n) is 8.64. The van der Waals surface area contributed by atoms with E-state index in [2.05, 4.69) is 13.8 Å². The predicted molar refractivity (Wildman–Crippen MR) is 118 cm³/mol. The molecule has 3 N–H and O–H groups in total. The largest absolute Gasteiger partial charge is 0.481 e. The highest BCUT2D eigenvalue weighted by atomic mass is 32.2. The number of carboxylic acid groups (broad SMARTS) is 2. The van der Waals surface area contributed by atoms with Crippen LogP contribution < -0.4 is 0 Å². The fraction of sp³-hybridized carbons (Fsp3) is 0.909. The van der Waals surface area contributed by atoms with Crippen molar-refractivity contribution in [3.8, 4) is 0 Å². The highest BCUT2D eigenvalue weighted by Crippen LogP contribution is 2.44. The quantitative estimate of drug-likeness (QED) is 0.188. The Balaban J connectivity index is 6.20. The van der Waals surface area contributed by atoms with Crippen LogP contribution in [0.25, 0.3) is 0 Å². The number of rotatable bonds is 18. The highest BCUT2D eigenvalue weighted by Gasteiger charge is 2.57. The standard InChI is InChI=1S/C22H42O7S/c1-5-9-11-13-17(7-3)15-22(21(25)26,19(20(23)24)30(27,28)29)16-18(8-4)14-12-10-6-2/h17-19H,5-16H2,1-4H3,(H,23,24)(H,25,26)(H,27,28,29). The summed E-state index contributed by atoms with van der Waals surface area (Å²) in [5.41, 5.74) is -2.06. The Bertz CT molecular complexity index is 595. The van der Waals surface area contributed by atoms with Crippen LogP contribution in [0.2, 0.25) is 0 Å². The average Bonchev–Trinajstić information content (AvgIpc) is 2.64. The molecule has 30 heavy (non-hydrogen) atoms. The normalized spacial score (nSPS) is 17.1. The van der Waals surface area contributed by atoms with Gasteiger partial charge in [-0.1, -0.05) is 91.9 Å². The highest BCUT2D eigenvalue weighted by molar-refractivity contribution is 7.87. The monoisotopic (exact) mass is 450 g/mol. The molecule has 0 spiro atoms. The van der Waals surface area contributed by atoms with E-state index in [9.17, 15) is 32.8 Å². The van der Waals surface area contributed by atoms with E-state index in [0.29, 0.717) is 25.7 Å². The van der Waals surface area contributed by atoms with Crippen LogP contribution in [0.15, 0.2) is 0 Å². The zero-order valence-corrected chi connectivity index (χ0v) is 19.9. The van der Waals surface area contributed by atoms with Crippen LogP contribution in [0.3, 0.4) is 0 Å². The van der Waals surface area contributed by atoms with Gasteiger partial charge in [-0.3, -0.25) is 14.1 Å². The molecule has 7 nitrogen and oxygen atoms in total. The SMILES string of the molecule is CCCCCC(CC)CC(CC(CC)CCCCC)(C(=O)O)C(C(=O)O)S(=O)(=O)O. The van der Waals surface area contributed by atoms with Gasteiger partial charge < -0.3 is 10.2 Å². The van der Waals surface area contributed by atoms with Crippen molar-refractivity contribution in [2.24, 2.45) is 17.3 Å². The molecule has 0 saturated carbocycles. The second-order valence-corrected chi connectivity index (χ2v) is 10.1. The van der Waals surface area contributed by atoms with E-state index >= 15 is 0 Å². The molecule has 0 aliphatic carbocycles. The van der Waals surface area contributed by atoms with Crippen molar-refractivity contribution >= 4 is 22.1 Å². The van der Waals surface area contributed by atoms with Crippen LogP contribution in [-0.2, 0) is 19.7 Å². The molecule has 3 unspecified atom stereocenters. The molecule has 0 amide bonds. The Morgan fingerprint density at radius 3 is 1.43 bits per heavy atom. The van der Waals surface area contributed by atoms with E-state index in [1.165, 1.54) is 0 Å². The Hall–Kier alpha value is -1.15. The number of unbranched alkanes of at least 4 members (excludes halogenated alkanes) is 4. The smallest absolute Gasteiger partial charge is 0.325 e. The molecule has 0 heterocycles. The first kappa shape index (κ1) is 28.9. The Morgan fingerprint density at radius 1 is 0.800 bits per heavy atom. The maximum absolute atomic E-state index is 12.5. The summed E-state index contributed by atoms with van der Waals surface area (Å²) in [4.78, 5) is 24.5. The lowest BCUT2D eigenvalue weighted by atomic mass is 9.68. The van der Waals surface area contributed by atoms with Gasteiger partial charge >= 0.3 is 11.9 Å². The number of hydrogen-bond acceptors (Lipinski definition) is 4. The number of hydrogen-bond donors (Lipinski definition) is 3. The first-order valence-electron chi connectivity index (χ1n) is 11.4. The molecule has 0 aliphatic heterocycles. The third-order valence-corrected chi connectivity index (χ3v) is 7.59. The van der Waals surface area contributed by atoms with E-state index in [4.69, 9.17) is 0 Å². The molecule has 0 bridgehead atoms. The molecule has 0 aromatic carbocycles. The minimum absolute atomic E-state index is 0.0659. The Kier molecular flexibility index (Phi) is 13.5. The summed E-state index contributed by atoms with van der Waals surface area (Å²) in [5.74, 6) is -3.49. The maximum Gasteiger partial charge on any atom is 0.325 e. The number of aliphatic carboxylic acids is 2. The molecule has 3 atom stereocenters. The fourth-order valence-corrected chi connectivity index (χ4v) is 5.65. The fourth-order valence-electron chi connectivity index (χ4n) is 4.53. The summed E-state index contributed by atoms with van der Waals surface area (Å²) in [5, 5.41) is 17.5. The molecule has 0 aromatic heterocycles. The van der Waals surface area contributed by atoms with Crippen LogP contribution in [-0.4, -0.2) is 40.4 Å². The molecular formula is C22H42O7S. The van der Waals surface area contributed by atoms with Crippen molar-refractivity contribution in [1.82, 2.24) is 0 Å². The Morgan fingerprint density at radius 2 is 1.20 bits per heavy atom. The third kappa shape index (κ3) is 8.92. The van der Waals surface area contributed by atoms with Gasteiger partial charge in [0.05, 0.1) is 5.41 Å². The van der Waals surface area contributed by atoms with Gasteiger partial charge in [0.15, 0.2) is 5.25 Å². The van der Waals surface area contributed by atoms with Crippen LogP contribution >= 0.6 is 0 Å². The topological polar surface area (TPSA) is 129 Å². The molecular weight excluding hydrogens is 408 g/mol. The van der Waals surface area contributed by atoms with Crippen molar-refractivity contribution in [2.75, 3.05) is 0 Å². The lowest BCUT2D eigenvalue weighted by molar-refractivity contribution is -0.158. The van der Waals surface area contributed by atoms with E-state index in [1.54, 1.807) is 0 Å². The number of carboxylic acids is 2. The average molecular weight is 451 g/mol. The van der Waals surface area contributed by atoms with Crippen LogP contribution in [0.4, 0.5) is 0 Å². The first-order chi connectivity index (χ1) is 14.0. The van der Waals surface area contributed by atoms with Crippen molar-refractivity contribution in [3.05, 3.63) is 0 Å². The molecule has 0 saturated heterocycles. The van der Waals surface area contributed by atoms with Gasteiger partial charge in [-0.2, -0.15) is 8.42 Å². The molecule has 0 rings (SSSR count). The summed E-state index contributed by atoms with van der Waals surface area (Å²) in [6.45, 7) is 7.93. The molecule has 0 fully saturated rings. The summed E-state index contributed by atoms with van der Waals surface area (Å²) in [6, 6.07) is 0. The van der Waals surface area contributed by atoms with E-state index in [0.717, 1.165) is 38.5 Å². The molecule has 0 aromatic rings. The number of carbonyl (C=O) groups is 2. The third-order valence-electron chi connectivity index (χ3n) is 6.34. The van der Waals surface area contributed by atoms with Gasteiger partial charge in [-0.15, -0.1) is 0 Å². The summed E-state index contributed by atoms with van der Waals surface area (Å²) in [7, 11) is -5.11. The van der Waals surface area contributed by atoms with E-state index in [1.807, 2.05) is 13.8 Å². The van der Waals surface area contributed by atoms with E-state index in [-0.39, 0.29) is 24.7 Å². The van der Waals surface area contributed by atoms with Crippen LogP contribution in [0.1, 0.15) is 105 Å². The van der Waals surface area contributed by atoms with Crippen molar-refractivity contribution in [2.45, 2.75) is 110 Å². The molecule has 0 radical (unpaired) electrons. The first-order valence-corrected chi connectivity index (χ1v) is 12.9. The summed E-state index contributed by atoms with van der Waals surface area (Å²) in [6.07, 6.45) is 8.26. The Labute approximate surface area is 182 Å². The van der Waals surface area contributed by atoms with E-state index < -0.39 is 32.7 Å². The maximum atomic E-state index is 12.5. The molecule has 0 aliphatic rings. The van der Waals surface area contributed by atoms with Gasteiger partial charge in [0.1, 0.15) is 0 Å². The zero-order valence-electron chi connectivity index (χ0n) is 19.1. The lowest BCUT2D eigenvalue weighted by Gasteiger charge is -2.38. The van der Waals surface area contributed by atoms with Gasteiger partial charge in [-0.25, -0.2) is 0 Å². The minimum Gasteiger partial charge on any atom is -0.481 e. The summed E-state index contributed by atoms with van der Waals surface area (Å²) >= 11 is 0. The zero-order chi connectivity index (χ0) is 23.4. The predicted octanol–water partition coefficient (Wildman–Crippen LogP) is 5.39. The van der Waals surface area contributed by atoms with Crippen LogP contribution in [0, 0.1) is 17.3 Å². The van der Waals surface area contributed by atoms with Gasteiger partial charge in [0.2, 0.25) is 0 Å². The van der Waals surface area contributed by atoms with Crippen molar-refractivity contribution < 1.29 is 32.8 Å². The summed E-state index contributed by atoms with van der Waals surface area (Å²) < 4.78 is 34.0. The van der Waals surface area contributed by atoms with Gasteiger partial charge in [0.25, 0.3) is 10.1 Å².